The maximum Gasteiger partial charge on any atom is 0.150 e. The van der Waals surface area contributed by atoms with Gasteiger partial charge in [0, 0.05) is 26.2 Å². The Hall–Kier alpha value is -0.910. The fourth-order valence-corrected chi connectivity index (χ4v) is 2.43. The molecular formula is C12H20ClN5. The molecular weight excluding hydrogens is 250 g/mol. The summed E-state index contributed by atoms with van der Waals surface area (Å²) in [5.41, 5.74) is 5.50. The van der Waals surface area contributed by atoms with E-state index in [-0.39, 0.29) is 0 Å². The molecule has 18 heavy (non-hydrogen) atoms. The highest BCUT2D eigenvalue weighted by Gasteiger charge is 2.19. The van der Waals surface area contributed by atoms with Gasteiger partial charge in [0.1, 0.15) is 11.3 Å². The van der Waals surface area contributed by atoms with Gasteiger partial charge in [-0.15, -0.1) is 0 Å². The van der Waals surface area contributed by atoms with Gasteiger partial charge in [0.15, 0.2) is 5.82 Å². The maximum atomic E-state index is 6.10. The van der Waals surface area contributed by atoms with E-state index in [4.69, 9.17) is 17.3 Å². The predicted molar refractivity (Wildman–Crippen MR) is 74.0 cm³/mol. The molecule has 1 aliphatic heterocycles. The number of anilines is 1. The van der Waals surface area contributed by atoms with E-state index < -0.39 is 0 Å². The molecule has 1 fully saturated rings. The lowest BCUT2D eigenvalue weighted by Crippen LogP contribution is -2.47. The van der Waals surface area contributed by atoms with Crippen molar-refractivity contribution in [3.63, 3.8) is 0 Å². The van der Waals surface area contributed by atoms with E-state index in [1.807, 2.05) is 0 Å². The van der Waals surface area contributed by atoms with Crippen molar-refractivity contribution >= 4 is 17.4 Å². The summed E-state index contributed by atoms with van der Waals surface area (Å²) in [5.74, 6) is 0.855. The van der Waals surface area contributed by atoms with E-state index in [0.29, 0.717) is 5.02 Å². The van der Waals surface area contributed by atoms with Gasteiger partial charge in [-0.2, -0.15) is 0 Å². The number of rotatable bonds is 5. The molecule has 0 aliphatic carbocycles. The molecule has 0 unspecified atom stereocenters. The lowest BCUT2D eigenvalue weighted by molar-refractivity contribution is 0.253. The van der Waals surface area contributed by atoms with Gasteiger partial charge in [0.05, 0.1) is 6.20 Å². The molecule has 5 nitrogen and oxygen atoms in total. The first-order valence-corrected chi connectivity index (χ1v) is 6.82. The van der Waals surface area contributed by atoms with Crippen molar-refractivity contribution in [3.8, 4) is 0 Å². The second kappa shape index (κ2) is 6.87. The van der Waals surface area contributed by atoms with Crippen molar-refractivity contribution in [2.24, 2.45) is 5.73 Å². The lowest BCUT2D eigenvalue weighted by Gasteiger charge is -2.35. The Balaban J connectivity index is 1.81. The van der Waals surface area contributed by atoms with Crippen LogP contribution in [0.5, 0.6) is 0 Å². The summed E-state index contributed by atoms with van der Waals surface area (Å²) in [4.78, 5) is 12.9. The van der Waals surface area contributed by atoms with Crippen molar-refractivity contribution in [1.29, 1.82) is 0 Å². The van der Waals surface area contributed by atoms with Gasteiger partial charge >= 0.3 is 0 Å². The zero-order valence-electron chi connectivity index (χ0n) is 10.6. The van der Waals surface area contributed by atoms with Crippen LogP contribution in [0.2, 0.25) is 5.02 Å². The minimum absolute atomic E-state index is 0.633. The van der Waals surface area contributed by atoms with Gasteiger partial charge in [0.2, 0.25) is 0 Å². The highest BCUT2D eigenvalue weighted by atomic mass is 35.5. The molecule has 1 aromatic heterocycles. The average Bonchev–Trinajstić information content (AvgIpc) is 2.41. The average molecular weight is 270 g/mol. The predicted octanol–water partition coefficient (Wildman–Crippen LogP) is 0.991. The van der Waals surface area contributed by atoms with E-state index in [9.17, 15) is 0 Å². The molecule has 0 amide bonds. The van der Waals surface area contributed by atoms with Crippen molar-refractivity contribution in [3.05, 3.63) is 17.5 Å². The molecule has 2 rings (SSSR count). The molecule has 100 valence electrons. The SMILES string of the molecule is NCCCCN1CCN(c2ncncc2Cl)CC1. The molecule has 2 heterocycles. The van der Waals surface area contributed by atoms with Crippen molar-refractivity contribution in [2.45, 2.75) is 12.8 Å². The van der Waals surface area contributed by atoms with E-state index in [1.165, 1.54) is 6.42 Å². The summed E-state index contributed by atoms with van der Waals surface area (Å²) >= 11 is 6.10. The second-order valence-corrected chi connectivity index (χ2v) is 4.93. The molecule has 0 aromatic carbocycles. The summed E-state index contributed by atoms with van der Waals surface area (Å²) in [7, 11) is 0. The fourth-order valence-electron chi connectivity index (χ4n) is 2.20. The Morgan fingerprint density at radius 3 is 2.67 bits per heavy atom. The molecule has 6 heteroatoms. The van der Waals surface area contributed by atoms with Crippen LogP contribution in [0.15, 0.2) is 12.5 Å². The number of unbranched alkanes of at least 4 members (excludes halogenated alkanes) is 1. The van der Waals surface area contributed by atoms with Crippen LogP contribution < -0.4 is 10.6 Å². The quantitative estimate of drug-likeness (QED) is 0.808. The van der Waals surface area contributed by atoms with Crippen LogP contribution in [0.4, 0.5) is 5.82 Å². The molecule has 1 saturated heterocycles. The zero-order valence-corrected chi connectivity index (χ0v) is 11.3. The lowest BCUT2D eigenvalue weighted by atomic mass is 10.2. The van der Waals surface area contributed by atoms with E-state index in [2.05, 4.69) is 19.8 Å². The van der Waals surface area contributed by atoms with E-state index in [1.54, 1.807) is 12.5 Å². The van der Waals surface area contributed by atoms with Gasteiger partial charge < -0.3 is 10.6 Å². The first kappa shape index (κ1) is 13.5. The van der Waals surface area contributed by atoms with Crippen LogP contribution in [0.3, 0.4) is 0 Å². The molecule has 1 aliphatic rings. The van der Waals surface area contributed by atoms with Gasteiger partial charge in [-0.25, -0.2) is 9.97 Å². The highest BCUT2D eigenvalue weighted by molar-refractivity contribution is 6.32. The first-order valence-electron chi connectivity index (χ1n) is 6.44. The number of piperazine rings is 1. The van der Waals surface area contributed by atoms with Crippen LogP contribution in [0.25, 0.3) is 0 Å². The number of nitrogens with zero attached hydrogens (tertiary/aromatic N) is 4. The summed E-state index contributed by atoms with van der Waals surface area (Å²) in [5, 5.41) is 0.633. The number of hydrogen-bond acceptors (Lipinski definition) is 5. The van der Waals surface area contributed by atoms with Crippen LogP contribution in [-0.4, -0.2) is 54.1 Å². The molecule has 0 radical (unpaired) electrons. The second-order valence-electron chi connectivity index (χ2n) is 4.52. The Bertz CT molecular complexity index is 365. The Morgan fingerprint density at radius 1 is 1.22 bits per heavy atom. The number of halogens is 1. The first-order chi connectivity index (χ1) is 8.81. The normalized spacial score (nSPS) is 17.1. The van der Waals surface area contributed by atoms with Crippen LogP contribution in [0, 0.1) is 0 Å². The molecule has 0 saturated carbocycles. The van der Waals surface area contributed by atoms with Crippen LogP contribution in [-0.2, 0) is 0 Å². The smallest absolute Gasteiger partial charge is 0.150 e. The third-order valence-corrected chi connectivity index (χ3v) is 3.52. The third-order valence-electron chi connectivity index (χ3n) is 3.25. The Morgan fingerprint density at radius 2 is 2.00 bits per heavy atom. The van der Waals surface area contributed by atoms with E-state index >= 15 is 0 Å². The molecule has 1 aromatic rings. The maximum absolute atomic E-state index is 6.10. The van der Waals surface area contributed by atoms with Gasteiger partial charge in [-0.3, -0.25) is 4.90 Å². The number of aromatic nitrogens is 2. The Kier molecular flexibility index (Phi) is 5.16. The Labute approximate surface area is 113 Å². The fraction of sp³-hybridized carbons (Fsp3) is 0.667. The minimum Gasteiger partial charge on any atom is -0.353 e. The van der Waals surface area contributed by atoms with Crippen molar-refractivity contribution < 1.29 is 0 Å². The zero-order chi connectivity index (χ0) is 12.8. The summed E-state index contributed by atoms with van der Waals surface area (Å²) in [6.07, 6.45) is 5.50. The van der Waals surface area contributed by atoms with Gasteiger partial charge in [0.25, 0.3) is 0 Å². The van der Waals surface area contributed by atoms with Gasteiger partial charge in [-0.1, -0.05) is 11.6 Å². The third kappa shape index (κ3) is 3.54. The highest BCUT2D eigenvalue weighted by Crippen LogP contribution is 2.22. The van der Waals surface area contributed by atoms with Gasteiger partial charge in [-0.05, 0) is 25.9 Å². The number of hydrogen-bond donors (Lipinski definition) is 1. The molecule has 0 bridgehead atoms. The summed E-state index contributed by atoms with van der Waals surface area (Å²) < 4.78 is 0. The molecule has 0 atom stereocenters. The van der Waals surface area contributed by atoms with E-state index in [0.717, 1.165) is 51.5 Å². The largest absolute Gasteiger partial charge is 0.353 e. The summed E-state index contributed by atoms with van der Waals surface area (Å²) in [6.45, 7) is 5.99. The molecule has 0 spiro atoms. The standard InChI is InChI=1S/C12H20ClN5/c13-11-9-15-10-16-12(11)18-7-5-17(6-8-18)4-2-1-3-14/h9-10H,1-8,14H2. The van der Waals surface area contributed by atoms with Crippen LogP contribution >= 0.6 is 11.6 Å². The molecule has 2 N–H and O–H groups in total. The summed E-state index contributed by atoms with van der Waals surface area (Å²) in [6, 6.07) is 0. The topological polar surface area (TPSA) is 58.3 Å². The van der Waals surface area contributed by atoms with Crippen molar-refractivity contribution in [2.75, 3.05) is 44.2 Å². The number of nitrogens with two attached hydrogens (primary N) is 1. The monoisotopic (exact) mass is 269 g/mol. The van der Waals surface area contributed by atoms with Crippen LogP contribution in [0.1, 0.15) is 12.8 Å². The van der Waals surface area contributed by atoms with Crippen molar-refractivity contribution in [1.82, 2.24) is 14.9 Å². The minimum atomic E-state index is 0.633.